The zero-order valence-corrected chi connectivity index (χ0v) is 9.36. The highest BCUT2D eigenvalue weighted by Crippen LogP contribution is 2.47. The van der Waals surface area contributed by atoms with Gasteiger partial charge in [0.25, 0.3) is 10.1 Å². The fourth-order valence-electron chi connectivity index (χ4n) is 1.98. The maximum atomic E-state index is 13.0. The molecule has 0 radical (unpaired) electrons. The molecule has 0 aromatic carbocycles. The van der Waals surface area contributed by atoms with Gasteiger partial charge in [0.05, 0.1) is 5.25 Å². The molecule has 1 aliphatic rings. The van der Waals surface area contributed by atoms with E-state index >= 15 is 0 Å². The van der Waals surface area contributed by atoms with Crippen LogP contribution in [-0.2, 0) is 10.1 Å². The minimum absolute atomic E-state index is 0.0825. The van der Waals surface area contributed by atoms with Crippen molar-refractivity contribution in [1.29, 1.82) is 0 Å². The van der Waals surface area contributed by atoms with Crippen molar-refractivity contribution in [2.45, 2.75) is 43.0 Å². The fraction of sp³-hybridized carbons (Fsp3) is 1.00. The van der Waals surface area contributed by atoms with Crippen LogP contribution in [0.25, 0.3) is 0 Å². The molecule has 2 atom stereocenters. The number of halogens is 5. The lowest BCUT2D eigenvalue weighted by atomic mass is 9.84. The Labute approximate surface area is 94.7 Å². The lowest BCUT2D eigenvalue weighted by Crippen LogP contribution is -2.46. The smallest absolute Gasteiger partial charge is 0.285 e. The van der Waals surface area contributed by atoms with E-state index in [9.17, 15) is 30.4 Å². The molecule has 1 saturated carbocycles. The lowest BCUT2D eigenvalue weighted by Gasteiger charge is -2.33. The van der Waals surface area contributed by atoms with E-state index in [-0.39, 0.29) is 12.8 Å². The molecule has 0 spiro atoms. The normalized spacial score (nSPS) is 28.1. The fourth-order valence-corrected chi connectivity index (χ4v) is 2.92. The standard InChI is InChI=1S/C8H11F5O3S/c9-7(10,8(11,12)13)5-2-1-3-6(4-5)17(14,15)16/h5-6H,1-4H2,(H,14,15,16). The summed E-state index contributed by atoms with van der Waals surface area (Å²) in [6.45, 7) is 0. The predicted octanol–water partition coefficient (Wildman–Crippen LogP) is 2.63. The number of alkyl halides is 5. The van der Waals surface area contributed by atoms with E-state index < -0.39 is 46.2 Å². The molecule has 0 aromatic heterocycles. The van der Waals surface area contributed by atoms with Gasteiger partial charge < -0.3 is 0 Å². The Morgan fingerprint density at radius 1 is 1.06 bits per heavy atom. The van der Waals surface area contributed by atoms with Gasteiger partial charge in [0.1, 0.15) is 0 Å². The molecule has 1 rings (SSSR count). The van der Waals surface area contributed by atoms with Gasteiger partial charge in [-0.25, -0.2) is 0 Å². The van der Waals surface area contributed by atoms with E-state index in [2.05, 4.69) is 0 Å². The van der Waals surface area contributed by atoms with Gasteiger partial charge in [-0.05, 0) is 19.3 Å². The number of hydrogen-bond acceptors (Lipinski definition) is 2. The number of rotatable bonds is 2. The summed E-state index contributed by atoms with van der Waals surface area (Å²) < 4.78 is 92.3. The Morgan fingerprint density at radius 3 is 2.00 bits per heavy atom. The van der Waals surface area contributed by atoms with Crippen LogP contribution in [0.5, 0.6) is 0 Å². The Balaban J connectivity index is 2.88. The molecule has 0 bridgehead atoms. The van der Waals surface area contributed by atoms with Crippen LogP contribution in [0.3, 0.4) is 0 Å². The third-order valence-corrected chi connectivity index (χ3v) is 4.21. The molecule has 0 saturated heterocycles. The highest BCUT2D eigenvalue weighted by atomic mass is 32.2. The zero-order chi connectivity index (χ0) is 13.5. The highest BCUT2D eigenvalue weighted by Gasteiger charge is 2.62. The maximum Gasteiger partial charge on any atom is 0.453 e. The van der Waals surface area contributed by atoms with Crippen LogP contribution in [0.15, 0.2) is 0 Å². The van der Waals surface area contributed by atoms with Crippen molar-refractivity contribution in [3.63, 3.8) is 0 Å². The molecule has 3 nitrogen and oxygen atoms in total. The van der Waals surface area contributed by atoms with E-state index in [4.69, 9.17) is 4.55 Å². The summed E-state index contributed by atoms with van der Waals surface area (Å²) >= 11 is 0. The van der Waals surface area contributed by atoms with E-state index in [0.717, 1.165) is 0 Å². The molecule has 1 aliphatic carbocycles. The molecule has 1 N–H and O–H groups in total. The van der Waals surface area contributed by atoms with Crippen molar-refractivity contribution in [3.05, 3.63) is 0 Å². The van der Waals surface area contributed by atoms with E-state index in [1.807, 2.05) is 0 Å². The molecule has 2 unspecified atom stereocenters. The molecular formula is C8H11F5O3S. The minimum atomic E-state index is -5.70. The second kappa shape index (κ2) is 4.34. The molecule has 1 fully saturated rings. The molecule has 0 aromatic rings. The SMILES string of the molecule is O=S(=O)(O)C1CCCC(C(F)(F)C(F)(F)F)C1. The van der Waals surface area contributed by atoms with Crippen molar-refractivity contribution < 1.29 is 34.9 Å². The summed E-state index contributed by atoms with van der Waals surface area (Å²) in [5, 5.41) is -1.53. The van der Waals surface area contributed by atoms with Gasteiger partial charge in [0, 0.05) is 5.92 Å². The van der Waals surface area contributed by atoms with Gasteiger partial charge in [0.15, 0.2) is 0 Å². The summed E-state index contributed by atoms with van der Waals surface area (Å²) in [6, 6.07) is 0. The third kappa shape index (κ3) is 3.06. The topological polar surface area (TPSA) is 54.4 Å². The van der Waals surface area contributed by atoms with E-state index in [1.54, 1.807) is 0 Å². The van der Waals surface area contributed by atoms with Gasteiger partial charge >= 0.3 is 12.1 Å². The lowest BCUT2D eigenvalue weighted by molar-refractivity contribution is -0.305. The summed E-state index contributed by atoms with van der Waals surface area (Å²) in [7, 11) is -4.57. The van der Waals surface area contributed by atoms with Gasteiger partial charge in [-0.15, -0.1) is 0 Å². The summed E-state index contributed by atoms with van der Waals surface area (Å²) in [4.78, 5) is 0. The Morgan fingerprint density at radius 2 is 1.59 bits per heavy atom. The monoisotopic (exact) mass is 282 g/mol. The first-order valence-electron chi connectivity index (χ1n) is 4.87. The van der Waals surface area contributed by atoms with Crippen LogP contribution < -0.4 is 0 Å². The molecule has 102 valence electrons. The predicted molar refractivity (Wildman–Crippen MR) is 48.3 cm³/mol. The Kier molecular flexibility index (Phi) is 3.73. The van der Waals surface area contributed by atoms with Crippen LogP contribution in [-0.4, -0.2) is 30.3 Å². The maximum absolute atomic E-state index is 13.0. The van der Waals surface area contributed by atoms with Crippen LogP contribution in [0, 0.1) is 5.92 Å². The number of hydrogen-bond donors (Lipinski definition) is 1. The largest absolute Gasteiger partial charge is 0.453 e. The Bertz CT molecular complexity index is 375. The first kappa shape index (κ1) is 14.6. The quantitative estimate of drug-likeness (QED) is 0.625. The van der Waals surface area contributed by atoms with E-state index in [0.29, 0.717) is 0 Å². The van der Waals surface area contributed by atoms with Crippen molar-refractivity contribution in [2.24, 2.45) is 5.92 Å². The first-order chi connectivity index (χ1) is 7.46. The van der Waals surface area contributed by atoms with Gasteiger partial charge in [-0.1, -0.05) is 6.42 Å². The molecule has 9 heteroatoms. The minimum Gasteiger partial charge on any atom is -0.285 e. The van der Waals surface area contributed by atoms with Crippen molar-refractivity contribution in [3.8, 4) is 0 Å². The average molecular weight is 282 g/mol. The molecule has 17 heavy (non-hydrogen) atoms. The van der Waals surface area contributed by atoms with Crippen molar-refractivity contribution in [2.75, 3.05) is 0 Å². The van der Waals surface area contributed by atoms with Gasteiger partial charge in [0.2, 0.25) is 0 Å². The molecule has 0 aliphatic heterocycles. The molecule has 0 amide bonds. The summed E-state index contributed by atoms with van der Waals surface area (Å²) in [5.41, 5.74) is 0. The molecule has 0 heterocycles. The summed E-state index contributed by atoms with van der Waals surface area (Å²) in [5.74, 6) is -7.01. The van der Waals surface area contributed by atoms with Gasteiger partial charge in [-0.3, -0.25) is 4.55 Å². The molecular weight excluding hydrogens is 271 g/mol. The van der Waals surface area contributed by atoms with Gasteiger partial charge in [-0.2, -0.15) is 30.4 Å². The van der Waals surface area contributed by atoms with Crippen molar-refractivity contribution >= 4 is 10.1 Å². The highest BCUT2D eigenvalue weighted by molar-refractivity contribution is 7.86. The van der Waals surface area contributed by atoms with Crippen LogP contribution in [0.4, 0.5) is 22.0 Å². The Hall–Kier alpha value is -0.440. The van der Waals surface area contributed by atoms with E-state index in [1.165, 1.54) is 0 Å². The van der Waals surface area contributed by atoms with Crippen LogP contribution in [0.2, 0.25) is 0 Å². The first-order valence-corrected chi connectivity index (χ1v) is 6.37. The van der Waals surface area contributed by atoms with Crippen LogP contribution >= 0.6 is 0 Å². The third-order valence-electron chi connectivity index (χ3n) is 2.94. The second-order valence-electron chi connectivity index (χ2n) is 4.12. The van der Waals surface area contributed by atoms with Crippen LogP contribution in [0.1, 0.15) is 25.7 Å². The second-order valence-corrected chi connectivity index (χ2v) is 5.82. The average Bonchev–Trinajstić information content (AvgIpc) is 2.15. The van der Waals surface area contributed by atoms with Crippen molar-refractivity contribution in [1.82, 2.24) is 0 Å². The zero-order valence-electron chi connectivity index (χ0n) is 8.54. The summed E-state index contributed by atoms with van der Waals surface area (Å²) in [6.07, 6.45) is -7.15.